The van der Waals surface area contributed by atoms with Crippen molar-refractivity contribution in [2.75, 3.05) is 7.11 Å². The molecule has 1 heterocycles. The third-order valence-corrected chi connectivity index (χ3v) is 5.83. The molecule has 30 heavy (non-hydrogen) atoms. The zero-order valence-electron chi connectivity index (χ0n) is 17.6. The third-order valence-electron chi connectivity index (χ3n) is 5.83. The van der Waals surface area contributed by atoms with Gasteiger partial charge in [-0.2, -0.15) is 0 Å². The summed E-state index contributed by atoms with van der Waals surface area (Å²) in [5.41, 5.74) is 3.12. The Morgan fingerprint density at radius 2 is 1.33 bits per heavy atom. The zero-order chi connectivity index (χ0) is 21.1. The van der Waals surface area contributed by atoms with E-state index in [0.29, 0.717) is 0 Å². The molecule has 0 saturated carbocycles. The highest BCUT2D eigenvalue weighted by Gasteiger charge is 2.50. The number of amides is 1. The van der Waals surface area contributed by atoms with Gasteiger partial charge in [0.15, 0.2) is 6.10 Å². The first-order valence-electron chi connectivity index (χ1n) is 10.3. The summed E-state index contributed by atoms with van der Waals surface area (Å²) in [7, 11) is 1.64. The fourth-order valence-electron chi connectivity index (χ4n) is 4.09. The second kappa shape index (κ2) is 8.72. The van der Waals surface area contributed by atoms with Crippen LogP contribution in [0.4, 0.5) is 0 Å². The molecule has 0 aliphatic carbocycles. The van der Waals surface area contributed by atoms with Crippen LogP contribution in [0.1, 0.15) is 48.7 Å². The first-order valence-corrected chi connectivity index (χ1v) is 10.3. The summed E-state index contributed by atoms with van der Waals surface area (Å²) in [5, 5.41) is 0. The number of ether oxygens (including phenoxy) is 2. The lowest BCUT2D eigenvalue weighted by Gasteiger charge is -2.35. The van der Waals surface area contributed by atoms with E-state index < -0.39 is 6.10 Å². The first-order chi connectivity index (χ1) is 14.6. The largest absolute Gasteiger partial charge is 0.496 e. The number of epoxide rings is 1. The maximum atomic E-state index is 13.7. The fraction of sp³-hybridized carbons (Fsp3) is 0.269. The van der Waals surface area contributed by atoms with Crippen molar-refractivity contribution in [1.29, 1.82) is 0 Å². The van der Waals surface area contributed by atoms with Gasteiger partial charge >= 0.3 is 0 Å². The van der Waals surface area contributed by atoms with Gasteiger partial charge in [-0.05, 0) is 31.0 Å². The van der Waals surface area contributed by atoms with Gasteiger partial charge in [0.05, 0.1) is 19.2 Å². The van der Waals surface area contributed by atoms with Gasteiger partial charge in [0.1, 0.15) is 11.9 Å². The maximum Gasteiger partial charge on any atom is 0.255 e. The van der Waals surface area contributed by atoms with Crippen LogP contribution in [-0.4, -0.2) is 24.0 Å². The predicted octanol–water partition coefficient (Wildman–Crippen LogP) is 5.49. The Kier molecular flexibility index (Phi) is 5.86. The monoisotopic (exact) mass is 401 g/mol. The topological polar surface area (TPSA) is 42.1 Å². The number of methoxy groups -OCH3 is 1. The molecule has 1 aliphatic rings. The molecule has 4 nitrogen and oxygen atoms in total. The van der Waals surface area contributed by atoms with Crippen LogP contribution in [0.2, 0.25) is 0 Å². The minimum absolute atomic E-state index is 0.00128. The van der Waals surface area contributed by atoms with E-state index in [4.69, 9.17) is 9.47 Å². The van der Waals surface area contributed by atoms with Crippen LogP contribution in [-0.2, 0) is 9.53 Å². The van der Waals surface area contributed by atoms with Gasteiger partial charge in [0.2, 0.25) is 0 Å². The minimum atomic E-state index is -0.501. The number of benzene rings is 3. The van der Waals surface area contributed by atoms with Crippen LogP contribution in [0, 0.1) is 0 Å². The molecule has 0 bridgehead atoms. The molecule has 1 aliphatic heterocycles. The van der Waals surface area contributed by atoms with Crippen molar-refractivity contribution < 1.29 is 14.3 Å². The van der Waals surface area contributed by atoms with E-state index >= 15 is 0 Å². The predicted molar refractivity (Wildman–Crippen MR) is 117 cm³/mol. The van der Waals surface area contributed by atoms with E-state index in [0.717, 1.165) is 22.4 Å². The van der Waals surface area contributed by atoms with E-state index in [1.165, 1.54) is 0 Å². The lowest BCUT2D eigenvalue weighted by Crippen LogP contribution is -2.39. The molecule has 1 saturated heterocycles. The Morgan fingerprint density at radius 1 is 0.833 bits per heavy atom. The summed E-state index contributed by atoms with van der Waals surface area (Å²) in [6.45, 7) is 4.15. The number of hydrogen-bond acceptors (Lipinski definition) is 3. The van der Waals surface area contributed by atoms with Gasteiger partial charge < -0.3 is 14.4 Å². The van der Waals surface area contributed by atoms with Gasteiger partial charge in [-0.3, -0.25) is 4.79 Å². The molecular weight excluding hydrogens is 374 g/mol. The van der Waals surface area contributed by atoms with Crippen molar-refractivity contribution in [2.24, 2.45) is 0 Å². The molecule has 4 heteroatoms. The highest BCUT2D eigenvalue weighted by molar-refractivity contribution is 5.85. The van der Waals surface area contributed by atoms with E-state index in [-0.39, 0.29) is 24.1 Å². The average Bonchev–Trinajstić information content (AvgIpc) is 3.61. The Hall–Kier alpha value is -3.11. The quantitative estimate of drug-likeness (QED) is 0.492. The Labute approximate surface area is 178 Å². The van der Waals surface area contributed by atoms with Crippen LogP contribution in [0.15, 0.2) is 84.9 Å². The van der Waals surface area contributed by atoms with Crippen LogP contribution < -0.4 is 4.74 Å². The molecule has 0 aromatic heterocycles. The average molecular weight is 402 g/mol. The molecule has 4 rings (SSSR count). The second-order valence-corrected chi connectivity index (χ2v) is 7.64. The van der Waals surface area contributed by atoms with Crippen molar-refractivity contribution in [2.45, 2.75) is 38.1 Å². The fourth-order valence-corrected chi connectivity index (χ4v) is 4.09. The zero-order valence-corrected chi connectivity index (χ0v) is 17.6. The van der Waals surface area contributed by atoms with Crippen molar-refractivity contribution in [1.82, 2.24) is 4.90 Å². The number of nitrogens with zero attached hydrogens (tertiary/aromatic N) is 1. The van der Waals surface area contributed by atoms with Gasteiger partial charge in [-0.1, -0.05) is 78.9 Å². The molecule has 0 spiro atoms. The number of para-hydroxylation sites is 1. The van der Waals surface area contributed by atoms with Crippen LogP contribution >= 0.6 is 0 Å². The molecule has 154 valence electrons. The lowest BCUT2D eigenvalue weighted by molar-refractivity contribution is -0.137. The molecule has 1 amide bonds. The summed E-state index contributed by atoms with van der Waals surface area (Å²) in [4.78, 5) is 15.6. The van der Waals surface area contributed by atoms with Gasteiger partial charge in [0, 0.05) is 5.56 Å². The van der Waals surface area contributed by atoms with Crippen molar-refractivity contribution in [3.8, 4) is 5.75 Å². The third kappa shape index (κ3) is 3.96. The summed E-state index contributed by atoms with van der Waals surface area (Å²) >= 11 is 0. The first kappa shape index (κ1) is 20.2. The molecule has 1 fully saturated rings. The summed E-state index contributed by atoms with van der Waals surface area (Å²) in [5.74, 6) is 0.746. The van der Waals surface area contributed by atoms with Crippen molar-refractivity contribution in [3.63, 3.8) is 0 Å². The van der Waals surface area contributed by atoms with E-state index in [1.807, 2.05) is 65.6 Å². The maximum absolute atomic E-state index is 13.7. The summed E-state index contributed by atoms with van der Waals surface area (Å²) < 4.78 is 11.4. The SMILES string of the molecule is COc1ccccc1[C@H]1O[C@@H]1C(=O)N([C@@H](C)c1ccccc1)[C@@H](C)c1ccccc1. The lowest BCUT2D eigenvalue weighted by atomic mass is 9.99. The van der Waals surface area contributed by atoms with Crippen LogP contribution in [0.25, 0.3) is 0 Å². The van der Waals surface area contributed by atoms with Gasteiger partial charge in [-0.25, -0.2) is 0 Å². The molecule has 3 aromatic carbocycles. The molecule has 0 N–H and O–H groups in total. The van der Waals surface area contributed by atoms with E-state index in [2.05, 4.69) is 38.1 Å². The van der Waals surface area contributed by atoms with Crippen LogP contribution in [0.5, 0.6) is 5.75 Å². The number of hydrogen-bond donors (Lipinski definition) is 0. The minimum Gasteiger partial charge on any atom is -0.496 e. The van der Waals surface area contributed by atoms with E-state index in [1.54, 1.807) is 7.11 Å². The Bertz CT molecular complexity index is 944. The highest BCUT2D eigenvalue weighted by atomic mass is 16.6. The van der Waals surface area contributed by atoms with Gasteiger partial charge in [0.25, 0.3) is 5.91 Å². The summed E-state index contributed by atoms with van der Waals surface area (Å²) in [6.07, 6.45) is -0.777. The number of carbonyl (C=O) groups is 1. The molecule has 0 unspecified atom stereocenters. The normalized spacial score (nSPS) is 19.6. The van der Waals surface area contributed by atoms with Gasteiger partial charge in [-0.15, -0.1) is 0 Å². The number of carbonyl (C=O) groups excluding carboxylic acids is 1. The molecule has 4 atom stereocenters. The van der Waals surface area contributed by atoms with Crippen molar-refractivity contribution in [3.05, 3.63) is 102 Å². The smallest absolute Gasteiger partial charge is 0.255 e. The molecule has 3 aromatic rings. The molecule has 0 radical (unpaired) electrons. The second-order valence-electron chi connectivity index (χ2n) is 7.64. The van der Waals surface area contributed by atoms with Crippen molar-refractivity contribution >= 4 is 5.91 Å². The highest BCUT2D eigenvalue weighted by Crippen LogP contribution is 2.45. The molecular formula is C26H27NO3. The van der Waals surface area contributed by atoms with Crippen LogP contribution in [0.3, 0.4) is 0 Å². The number of rotatable bonds is 7. The Balaban J connectivity index is 1.63. The summed E-state index contributed by atoms with van der Waals surface area (Å²) in [6, 6.07) is 27.8. The Morgan fingerprint density at radius 3 is 1.87 bits per heavy atom. The standard InChI is InChI=1S/C26H27NO3/c1-18(20-12-6-4-7-13-20)27(19(2)21-14-8-5-9-15-21)26(28)25-24(30-25)22-16-10-11-17-23(22)29-3/h4-19,24-25H,1-3H3/t18-,19-,24+,25-/m0/s1. The van der Waals surface area contributed by atoms with E-state index in [9.17, 15) is 4.79 Å².